The van der Waals surface area contributed by atoms with Crippen LogP contribution in [0.3, 0.4) is 0 Å². The Labute approximate surface area is 121 Å². The quantitative estimate of drug-likeness (QED) is 0.915. The minimum absolute atomic E-state index is 0.238. The van der Waals surface area contributed by atoms with Gasteiger partial charge in [-0.15, -0.1) is 0 Å². The summed E-state index contributed by atoms with van der Waals surface area (Å²) in [6.07, 6.45) is 2.87. The van der Waals surface area contributed by atoms with Crippen molar-refractivity contribution in [3.05, 3.63) is 29.8 Å². The fraction of sp³-hybridized carbons (Fsp3) is 0.562. The minimum Gasteiger partial charge on any atom is -0.508 e. The molecule has 1 heterocycles. The average Bonchev–Trinajstić information content (AvgIpc) is 2.43. The van der Waals surface area contributed by atoms with Crippen LogP contribution in [0, 0.1) is 5.92 Å². The van der Waals surface area contributed by atoms with Gasteiger partial charge in [0.1, 0.15) is 5.75 Å². The highest BCUT2D eigenvalue weighted by Crippen LogP contribution is 2.22. The van der Waals surface area contributed by atoms with E-state index in [1.807, 2.05) is 26.2 Å². The zero-order valence-corrected chi connectivity index (χ0v) is 12.4. The third kappa shape index (κ3) is 4.23. The van der Waals surface area contributed by atoms with E-state index in [-0.39, 0.29) is 5.91 Å². The molecule has 1 aliphatic rings. The monoisotopic (exact) mass is 276 g/mol. The number of nitrogens with zero attached hydrogens (tertiary/aromatic N) is 2. The maximum absolute atomic E-state index is 11.7. The Kier molecular flexibility index (Phi) is 5.01. The van der Waals surface area contributed by atoms with Gasteiger partial charge in [-0.05, 0) is 49.5 Å². The van der Waals surface area contributed by atoms with Gasteiger partial charge in [0.15, 0.2) is 0 Å². The SMILES string of the molecule is CN(C)C(=O)CC1CCN(Cc2ccc(O)cc2)CC1. The number of aromatic hydroxyl groups is 1. The molecule has 1 fully saturated rings. The molecule has 4 heteroatoms. The predicted octanol–water partition coefficient (Wildman–Crippen LogP) is 2.08. The minimum atomic E-state index is 0.238. The molecule has 0 bridgehead atoms. The molecule has 1 aromatic rings. The summed E-state index contributed by atoms with van der Waals surface area (Å²) in [5.74, 6) is 1.08. The van der Waals surface area contributed by atoms with E-state index in [1.165, 1.54) is 5.56 Å². The Hall–Kier alpha value is -1.55. The molecule has 0 radical (unpaired) electrons. The first-order valence-electron chi connectivity index (χ1n) is 7.25. The standard InChI is InChI=1S/C16H24N2O2/c1-17(2)16(20)11-13-7-9-18(10-8-13)12-14-3-5-15(19)6-4-14/h3-6,13,19H,7-12H2,1-2H3. The van der Waals surface area contributed by atoms with E-state index in [4.69, 9.17) is 0 Å². The Bertz CT molecular complexity index is 434. The molecule has 1 saturated heterocycles. The van der Waals surface area contributed by atoms with Crippen LogP contribution < -0.4 is 0 Å². The van der Waals surface area contributed by atoms with Crippen molar-refractivity contribution in [1.82, 2.24) is 9.80 Å². The number of phenolic OH excluding ortho intramolecular Hbond substituents is 1. The van der Waals surface area contributed by atoms with Crippen molar-refractivity contribution in [2.75, 3.05) is 27.2 Å². The van der Waals surface area contributed by atoms with Gasteiger partial charge in [0.2, 0.25) is 5.91 Å². The average molecular weight is 276 g/mol. The molecular formula is C16H24N2O2. The third-order valence-corrected chi connectivity index (χ3v) is 4.01. The first kappa shape index (κ1) is 14.9. The van der Waals surface area contributed by atoms with Gasteiger partial charge in [0, 0.05) is 27.1 Å². The normalized spacial score (nSPS) is 17.1. The van der Waals surface area contributed by atoms with Crippen molar-refractivity contribution in [3.8, 4) is 5.75 Å². The number of hydrogen-bond acceptors (Lipinski definition) is 3. The molecule has 110 valence electrons. The molecule has 20 heavy (non-hydrogen) atoms. The highest BCUT2D eigenvalue weighted by atomic mass is 16.3. The second-order valence-electron chi connectivity index (χ2n) is 5.88. The van der Waals surface area contributed by atoms with Gasteiger partial charge >= 0.3 is 0 Å². The molecule has 4 nitrogen and oxygen atoms in total. The highest BCUT2D eigenvalue weighted by Gasteiger charge is 2.22. The van der Waals surface area contributed by atoms with E-state index in [0.29, 0.717) is 18.1 Å². The number of carbonyl (C=O) groups excluding carboxylic acids is 1. The van der Waals surface area contributed by atoms with Gasteiger partial charge in [0.05, 0.1) is 0 Å². The number of piperidine rings is 1. The third-order valence-electron chi connectivity index (χ3n) is 4.01. The number of likely N-dealkylation sites (tertiary alicyclic amines) is 1. The van der Waals surface area contributed by atoms with Crippen LogP contribution in [0.2, 0.25) is 0 Å². The van der Waals surface area contributed by atoms with Crippen LogP contribution in [0.15, 0.2) is 24.3 Å². The topological polar surface area (TPSA) is 43.8 Å². The van der Waals surface area contributed by atoms with Gasteiger partial charge < -0.3 is 10.0 Å². The fourth-order valence-corrected chi connectivity index (χ4v) is 2.64. The van der Waals surface area contributed by atoms with Crippen molar-refractivity contribution >= 4 is 5.91 Å². The second kappa shape index (κ2) is 6.75. The van der Waals surface area contributed by atoms with Crippen molar-refractivity contribution in [1.29, 1.82) is 0 Å². The van der Waals surface area contributed by atoms with Crippen molar-refractivity contribution in [2.45, 2.75) is 25.8 Å². The number of rotatable bonds is 4. The molecule has 2 rings (SSSR count). The lowest BCUT2D eigenvalue weighted by molar-refractivity contribution is -0.130. The Morgan fingerprint density at radius 3 is 2.40 bits per heavy atom. The molecule has 0 atom stereocenters. The Balaban J connectivity index is 1.77. The fourth-order valence-electron chi connectivity index (χ4n) is 2.64. The summed E-state index contributed by atoms with van der Waals surface area (Å²) in [6.45, 7) is 3.02. The Morgan fingerprint density at radius 1 is 1.25 bits per heavy atom. The van der Waals surface area contributed by atoms with Crippen LogP contribution in [0.4, 0.5) is 0 Å². The largest absolute Gasteiger partial charge is 0.508 e. The van der Waals surface area contributed by atoms with Crippen LogP contribution >= 0.6 is 0 Å². The van der Waals surface area contributed by atoms with Gasteiger partial charge in [0.25, 0.3) is 0 Å². The maximum atomic E-state index is 11.7. The van der Waals surface area contributed by atoms with Crippen LogP contribution in [-0.4, -0.2) is 48.0 Å². The van der Waals surface area contributed by atoms with E-state index in [9.17, 15) is 9.90 Å². The van der Waals surface area contributed by atoms with Crippen molar-refractivity contribution in [2.24, 2.45) is 5.92 Å². The van der Waals surface area contributed by atoms with E-state index in [0.717, 1.165) is 32.5 Å². The van der Waals surface area contributed by atoms with E-state index in [1.54, 1.807) is 17.0 Å². The van der Waals surface area contributed by atoms with Gasteiger partial charge in [-0.2, -0.15) is 0 Å². The summed E-state index contributed by atoms with van der Waals surface area (Å²) in [6, 6.07) is 7.41. The van der Waals surface area contributed by atoms with Crippen LogP contribution in [-0.2, 0) is 11.3 Å². The lowest BCUT2D eigenvalue weighted by atomic mass is 9.93. The molecule has 1 amide bonds. The molecule has 0 saturated carbocycles. The maximum Gasteiger partial charge on any atom is 0.222 e. The molecule has 1 aliphatic heterocycles. The van der Waals surface area contributed by atoms with E-state index >= 15 is 0 Å². The van der Waals surface area contributed by atoms with Gasteiger partial charge in [-0.3, -0.25) is 9.69 Å². The number of carbonyl (C=O) groups is 1. The highest BCUT2D eigenvalue weighted by molar-refractivity contribution is 5.75. The summed E-state index contributed by atoms with van der Waals surface area (Å²) in [5, 5.41) is 9.28. The summed E-state index contributed by atoms with van der Waals surface area (Å²) in [7, 11) is 3.64. The second-order valence-corrected chi connectivity index (χ2v) is 5.88. The number of phenols is 1. The van der Waals surface area contributed by atoms with Gasteiger partial charge in [-0.25, -0.2) is 0 Å². The molecule has 0 aliphatic carbocycles. The molecule has 0 aromatic heterocycles. The number of benzene rings is 1. The van der Waals surface area contributed by atoms with E-state index < -0.39 is 0 Å². The summed E-state index contributed by atoms with van der Waals surface area (Å²) >= 11 is 0. The lowest BCUT2D eigenvalue weighted by Crippen LogP contribution is -2.35. The summed E-state index contributed by atoms with van der Waals surface area (Å²) in [5.41, 5.74) is 1.23. The van der Waals surface area contributed by atoms with Crippen molar-refractivity contribution in [3.63, 3.8) is 0 Å². The zero-order valence-electron chi connectivity index (χ0n) is 12.4. The number of amides is 1. The molecule has 1 aromatic carbocycles. The first-order chi connectivity index (χ1) is 9.54. The zero-order chi connectivity index (χ0) is 14.5. The molecule has 1 N–H and O–H groups in total. The van der Waals surface area contributed by atoms with Crippen LogP contribution in [0.1, 0.15) is 24.8 Å². The lowest BCUT2D eigenvalue weighted by Gasteiger charge is -2.32. The van der Waals surface area contributed by atoms with E-state index in [2.05, 4.69) is 4.90 Å². The molecule has 0 unspecified atom stereocenters. The Morgan fingerprint density at radius 2 is 1.85 bits per heavy atom. The number of hydrogen-bond donors (Lipinski definition) is 1. The van der Waals surface area contributed by atoms with Crippen LogP contribution in [0.25, 0.3) is 0 Å². The van der Waals surface area contributed by atoms with Crippen LogP contribution in [0.5, 0.6) is 5.75 Å². The molecule has 0 spiro atoms. The summed E-state index contributed by atoms with van der Waals surface area (Å²) in [4.78, 5) is 15.8. The summed E-state index contributed by atoms with van der Waals surface area (Å²) < 4.78 is 0. The smallest absolute Gasteiger partial charge is 0.222 e. The van der Waals surface area contributed by atoms with Crippen molar-refractivity contribution < 1.29 is 9.90 Å². The van der Waals surface area contributed by atoms with Gasteiger partial charge in [-0.1, -0.05) is 12.1 Å². The predicted molar refractivity (Wildman–Crippen MR) is 79.4 cm³/mol. The molecular weight excluding hydrogens is 252 g/mol. The first-order valence-corrected chi connectivity index (χ1v) is 7.25.